The van der Waals surface area contributed by atoms with Crippen LogP contribution in [0.1, 0.15) is 5.56 Å². The van der Waals surface area contributed by atoms with Crippen molar-refractivity contribution in [1.82, 2.24) is 0 Å². The molecule has 2 aromatic rings. The van der Waals surface area contributed by atoms with Gasteiger partial charge in [-0.05, 0) is 36.4 Å². The van der Waals surface area contributed by atoms with Crippen LogP contribution in [0.15, 0.2) is 42.5 Å². The Kier molecular flexibility index (Phi) is 4.63. The summed E-state index contributed by atoms with van der Waals surface area (Å²) in [6, 6.07) is 8.26. The van der Waals surface area contributed by atoms with Crippen molar-refractivity contribution in [2.75, 3.05) is 23.5 Å². The number of halogens is 3. The second-order valence-electron chi connectivity index (χ2n) is 4.61. The summed E-state index contributed by atoms with van der Waals surface area (Å²) in [7, 11) is 1.46. The SMILES string of the molecule is COc1ccc(NC(=O)Nc2cccc(C(F)(F)F)c2)cc1N. The highest BCUT2D eigenvalue weighted by molar-refractivity contribution is 6.00. The fraction of sp³-hybridized carbons (Fsp3) is 0.133. The summed E-state index contributed by atoms with van der Waals surface area (Å²) in [4.78, 5) is 11.8. The van der Waals surface area contributed by atoms with Crippen LogP contribution in [-0.2, 0) is 6.18 Å². The largest absolute Gasteiger partial charge is 0.495 e. The fourth-order valence-electron chi connectivity index (χ4n) is 1.88. The van der Waals surface area contributed by atoms with Crippen molar-refractivity contribution in [2.45, 2.75) is 6.18 Å². The standard InChI is InChI=1S/C15H14F3N3O2/c1-23-13-6-5-11(8-12(13)19)21-14(22)20-10-4-2-3-9(7-10)15(16,17)18/h2-8H,19H2,1H3,(H2,20,21,22). The molecule has 2 rings (SSSR count). The molecule has 0 fully saturated rings. The molecule has 0 aliphatic heterocycles. The molecule has 0 radical (unpaired) electrons. The number of benzene rings is 2. The van der Waals surface area contributed by atoms with Crippen LogP contribution in [0.2, 0.25) is 0 Å². The third-order valence-electron chi connectivity index (χ3n) is 2.94. The molecule has 0 aromatic heterocycles. The van der Waals surface area contributed by atoms with Gasteiger partial charge >= 0.3 is 12.2 Å². The number of nitrogens with one attached hydrogen (secondary N) is 2. The summed E-state index contributed by atoms with van der Waals surface area (Å²) in [5.74, 6) is 0.453. The van der Waals surface area contributed by atoms with Crippen LogP contribution in [0.4, 0.5) is 35.0 Å². The van der Waals surface area contributed by atoms with Gasteiger partial charge in [-0.15, -0.1) is 0 Å². The van der Waals surface area contributed by atoms with Gasteiger partial charge in [-0.1, -0.05) is 6.07 Å². The van der Waals surface area contributed by atoms with Gasteiger partial charge in [0.25, 0.3) is 0 Å². The minimum atomic E-state index is -4.47. The number of hydrogen-bond donors (Lipinski definition) is 3. The predicted molar refractivity (Wildman–Crippen MR) is 81.5 cm³/mol. The molecule has 0 bridgehead atoms. The zero-order valence-corrected chi connectivity index (χ0v) is 12.1. The van der Waals surface area contributed by atoms with Gasteiger partial charge in [0.2, 0.25) is 0 Å². The number of alkyl halides is 3. The second-order valence-corrected chi connectivity index (χ2v) is 4.61. The number of ether oxygens (including phenoxy) is 1. The van der Waals surface area contributed by atoms with Gasteiger partial charge in [0, 0.05) is 11.4 Å². The highest BCUT2D eigenvalue weighted by Gasteiger charge is 2.30. The number of nitrogens with two attached hydrogens (primary N) is 1. The molecule has 0 atom stereocenters. The lowest BCUT2D eigenvalue weighted by atomic mass is 10.2. The molecular weight excluding hydrogens is 311 g/mol. The molecule has 2 amide bonds. The maximum absolute atomic E-state index is 12.6. The van der Waals surface area contributed by atoms with Gasteiger partial charge < -0.3 is 21.1 Å². The van der Waals surface area contributed by atoms with Crippen LogP contribution in [0, 0.1) is 0 Å². The Balaban J connectivity index is 2.07. The quantitative estimate of drug-likeness (QED) is 0.748. The number of rotatable bonds is 3. The first-order chi connectivity index (χ1) is 10.8. The molecule has 8 heteroatoms. The van der Waals surface area contributed by atoms with E-state index in [0.29, 0.717) is 17.1 Å². The Morgan fingerprint density at radius 3 is 2.30 bits per heavy atom. The van der Waals surface area contributed by atoms with Crippen LogP contribution >= 0.6 is 0 Å². The topological polar surface area (TPSA) is 76.4 Å². The summed E-state index contributed by atoms with van der Waals surface area (Å²) < 4.78 is 42.8. The zero-order chi connectivity index (χ0) is 17.0. The molecule has 23 heavy (non-hydrogen) atoms. The van der Waals surface area contributed by atoms with E-state index in [2.05, 4.69) is 10.6 Å². The molecule has 0 unspecified atom stereocenters. The van der Waals surface area contributed by atoms with E-state index in [1.807, 2.05) is 0 Å². The molecule has 0 aliphatic rings. The molecule has 5 nitrogen and oxygen atoms in total. The normalized spacial score (nSPS) is 11.0. The third kappa shape index (κ3) is 4.29. The van der Waals surface area contributed by atoms with Crippen molar-refractivity contribution >= 4 is 23.1 Å². The lowest BCUT2D eigenvalue weighted by molar-refractivity contribution is -0.137. The van der Waals surface area contributed by atoms with Crippen molar-refractivity contribution in [3.8, 4) is 5.75 Å². The molecule has 122 valence electrons. The van der Waals surface area contributed by atoms with Crippen LogP contribution in [-0.4, -0.2) is 13.1 Å². The average Bonchev–Trinajstić information content (AvgIpc) is 2.46. The van der Waals surface area contributed by atoms with Crippen molar-refractivity contribution in [2.24, 2.45) is 0 Å². The Hall–Kier alpha value is -2.90. The first-order valence-corrected chi connectivity index (χ1v) is 6.48. The van der Waals surface area contributed by atoms with Gasteiger partial charge in [0.1, 0.15) is 5.75 Å². The maximum atomic E-state index is 12.6. The summed E-state index contributed by atoms with van der Waals surface area (Å²) in [5.41, 5.74) is 5.60. The highest BCUT2D eigenvalue weighted by atomic mass is 19.4. The molecule has 0 spiro atoms. The summed E-state index contributed by atoms with van der Waals surface area (Å²) in [6.07, 6.45) is -4.47. The molecule has 4 N–H and O–H groups in total. The molecule has 0 saturated carbocycles. The number of methoxy groups -OCH3 is 1. The lowest BCUT2D eigenvalue weighted by Crippen LogP contribution is -2.20. The fourth-order valence-corrected chi connectivity index (χ4v) is 1.88. The first kappa shape index (κ1) is 16.5. The summed E-state index contributed by atoms with van der Waals surface area (Å²) in [5, 5.41) is 4.80. The highest BCUT2D eigenvalue weighted by Crippen LogP contribution is 2.30. The molecular formula is C15H14F3N3O2. The van der Waals surface area contributed by atoms with E-state index in [0.717, 1.165) is 12.1 Å². The monoisotopic (exact) mass is 325 g/mol. The number of hydrogen-bond acceptors (Lipinski definition) is 3. The van der Waals surface area contributed by atoms with E-state index in [9.17, 15) is 18.0 Å². The van der Waals surface area contributed by atoms with Crippen molar-refractivity contribution in [1.29, 1.82) is 0 Å². The maximum Gasteiger partial charge on any atom is 0.416 e. The Morgan fingerprint density at radius 1 is 1.09 bits per heavy atom. The van der Waals surface area contributed by atoms with E-state index in [1.165, 1.54) is 25.3 Å². The average molecular weight is 325 g/mol. The third-order valence-corrected chi connectivity index (χ3v) is 2.94. The summed E-state index contributed by atoms with van der Waals surface area (Å²) in [6.45, 7) is 0. The number of urea groups is 1. The predicted octanol–water partition coefficient (Wildman–Crippen LogP) is 3.94. The van der Waals surface area contributed by atoms with Crippen molar-refractivity contribution in [3.63, 3.8) is 0 Å². The molecule has 2 aromatic carbocycles. The molecule has 0 saturated heterocycles. The zero-order valence-electron chi connectivity index (χ0n) is 12.1. The Labute approximate surface area is 130 Å². The Morgan fingerprint density at radius 2 is 1.74 bits per heavy atom. The van der Waals surface area contributed by atoms with Gasteiger partial charge in [-0.25, -0.2) is 4.79 Å². The van der Waals surface area contributed by atoms with E-state index in [1.54, 1.807) is 12.1 Å². The van der Waals surface area contributed by atoms with Gasteiger partial charge in [-0.2, -0.15) is 13.2 Å². The van der Waals surface area contributed by atoms with E-state index >= 15 is 0 Å². The number of carbonyl (C=O) groups excluding carboxylic acids is 1. The van der Waals surface area contributed by atoms with Crippen LogP contribution < -0.4 is 21.1 Å². The number of carbonyl (C=O) groups is 1. The van der Waals surface area contributed by atoms with Gasteiger partial charge in [-0.3, -0.25) is 0 Å². The molecule has 0 aliphatic carbocycles. The molecule has 0 heterocycles. The smallest absolute Gasteiger partial charge is 0.416 e. The summed E-state index contributed by atoms with van der Waals surface area (Å²) >= 11 is 0. The van der Waals surface area contributed by atoms with E-state index in [4.69, 9.17) is 10.5 Å². The minimum Gasteiger partial charge on any atom is -0.495 e. The van der Waals surface area contributed by atoms with E-state index in [-0.39, 0.29) is 5.69 Å². The number of nitrogen functional groups attached to an aromatic ring is 1. The lowest BCUT2D eigenvalue weighted by Gasteiger charge is -2.11. The number of amides is 2. The van der Waals surface area contributed by atoms with E-state index < -0.39 is 17.8 Å². The van der Waals surface area contributed by atoms with Gasteiger partial charge in [0.05, 0.1) is 18.4 Å². The van der Waals surface area contributed by atoms with Gasteiger partial charge in [0.15, 0.2) is 0 Å². The van der Waals surface area contributed by atoms with Crippen LogP contribution in [0.3, 0.4) is 0 Å². The number of anilines is 3. The van der Waals surface area contributed by atoms with Crippen LogP contribution in [0.5, 0.6) is 5.75 Å². The van der Waals surface area contributed by atoms with Crippen LogP contribution in [0.25, 0.3) is 0 Å². The van der Waals surface area contributed by atoms with Crippen molar-refractivity contribution < 1.29 is 22.7 Å². The minimum absolute atomic E-state index is 0.0267. The Bertz CT molecular complexity index is 717. The first-order valence-electron chi connectivity index (χ1n) is 6.48. The van der Waals surface area contributed by atoms with Crippen molar-refractivity contribution in [3.05, 3.63) is 48.0 Å². The second kappa shape index (κ2) is 6.47.